The molecule has 0 bridgehead atoms. The van der Waals surface area contributed by atoms with E-state index in [4.69, 9.17) is 0 Å². The van der Waals surface area contributed by atoms with Gasteiger partial charge in [-0.3, -0.25) is 9.89 Å². The second-order valence-electron chi connectivity index (χ2n) is 7.22. The molecule has 0 saturated heterocycles. The molecule has 2 aliphatic rings. The Kier molecular flexibility index (Phi) is 3.73. The quantitative estimate of drug-likeness (QED) is 0.728. The minimum Gasteiger partial charge on any atom is -0.297 e. The third kappa shape index (κ3) is 2.62. The van der Waals surface area contributed by atoms with Gasteiger partial charge < -0.3 is 0 Å². The Labute approximate surface area is 156 Å². The number of aryl methyl sites for hydroxylation is 2. The van der Waals surface area contributed by atoms with Crippen LogP contribution in [0.3, 0.4) is 0 Å². The van der Waals surface area contributed by atoms with Crippen LogP contribution in [0.25, 0.3) is 5.65 Å². The van der Waals surface area contributed by atoms with E-state index in [-0.39, 0.29) is 12.1 Å². The summed E-state index contributed by atoms with van der Waals surface area (Å²) in [6.07, 6.45) is 6.29. The molecule has 0 atom stereocenters. The number of nitrogens with zero attached hydrogens (tertiary/aromatic N) is 3. The number of benzene rings is 1. The first-order valence-corrected chi connectivity index (χ1v) is 10.7. The predicted octanol–water partition coefficient (Wildman–Crippen LogP) is 1.65. The van der Waals surface area contributed by atoms with E-state index < -0.39 is 10.0 Å². The highest BCUT2D eigenvalue weighted by Crippen LogP contribution is 2.27. The van der Waals surface area contributed by atoms with Gasteiger partial charge in [-0.05, 0) is 48.9 Å². The van der Waals surface area contributed by atoms with Crippen molar-refractivity contribution in [3.63, 3.8) is 0 Å². The van der Waals surface area contributed by atoms with Crippen molar-refractivity contribution in [1.82, 2.24) is 18.9 Å². The van der Waals surface area contributed by atoms with E-state index in [2.05, 4.69) is 10.1 Å². The molecule has 3 heterocycles. The lowest BCUT2D eigenvalue weighted by atomic mass is 9.92. The van der Waals surface area contributed by atoms with E-state index in [0.29, 0.717) is 34.8 Å². The van der Waals surface area contributed by atoms with Crippen LogP contribution in [0.4, 0.5) is 0 Å². The minimum atomic E-state index is -3.65. The Morgan fingerprint density at radius 2 is 1.85 bits per heavy atom. The maximum atomic E-state index is 13.2. The number of H-pyrrole nitrogens is 1. The Morgan fingerprint density at radius 3 is 2.70 bits per heavy atom. The molecule has 3 aromatic rings. The molecule has 0 radical (unpaired) electrons. The van der Waals surface area contributed by atoms with E-state index in [9.17, 15) is 13.2 Å². The molecule has 1 aliphatic heterocycles. The highest BCUT2D eigenvalue weighted by atomic mass is 32.2. The summed E-state index contributed by atoms with van der Waals surface area (Å²) in [7, 11) is -3.65. The predicted molar refractivity (Wildman–Crippen MR) is 100 cm³/mol. The number of hydrogen-bond donors (Lipinski definition) is 1. The summed E-state index contributed by atoms with van der Waals surface area (Å²) in [5, 5.41) is 2.83. The molecule has 0 amide bonds. The number of sulfonamides is 1. The Balaban J connectivity index is 1.53. The van der Waals surface area contributed by atoms with Gasteiger partial charge in [0, 0.05) is 31.8 Å². The average Bonchev–Trinajstić information content (AvgIpc) is 3.16. The topological polar surface area (TPSA) is 87.5 Å². The highest BCUT2D eigenvalue weighted by Gasteiger charge is 2.31. The fraction of sp³-hybridized carbons (Fsp3) is 0.368. The maximum Gasteiger partial charge on any atom is 0.277 e. The molecule has 140 valence electrons. The van der Waals surface area contributed by atoms with Crippen molar-refractivity contribution in [3.05, 3.63) is 63.2 Å². The standard InChI is InChI=1S/C19H20N4O3S/c24-19-16-12-22(10-8-17(16)21-18-7-9-20-23(18)19)27(25,26)15-6-5-13-3-1-2-4-14(13)11-15/h5-7,9,11,20H,1-4,8,10,12H2. The number of nitrogens with one attached hydrogen (secondary N) is 1. The lowest BCUT2D eigenvalue weighted by Crippen LogP contribution is -2.40. The first-order chi connectivity index (χ1) is 13.0. The zero-order valence-corrected chi connectivity index (χ0v) is 15.6. The van der Waals surface area contributed by atoms with E-state index in [1.165, 1.54) is 14.4 Å². The van der Waals surface area contributed by atoms with Crippen LogP contribution in [0.2, 0.25) is 0 Å². The second-order valence-corrected chi connectivity index (χ2v) is 9.16. The van der Waals surface area contributed by atoms with E-state index in [0.717, 1.165) is 31.2 Å². The lowest BCUT2D eigenvalue weighted by molar-refractivity contribution is 0.384. The molecule has 5 rings (SSSR count). The van der Waals surface area contributed by atoms with Crippen LogP contribution in [0.15, 0.2) is 40.2 Å². The molecule has 0 fully saturated rings. The number of fused-ring (bicyclic) bond motifs is 3. The first-order valence-electron chi connectivity index (χ1n) is 9.24. The summed E-state index contributed by atoms with van der Waals surface area (Å²) in [6, 6.07) is 7.20. The zero-order valence-electron chi connectivity index (χ0n) is 14.8. The van der Waals surface area contributed by atoms with Gasteiger partial charge in [-0.15, -0.1) is 0 Å². The fourth-order valence-corrected chi connectivity index (χ4v) is 5.58. The van der Waals surface area contributed by atoms with Gasteiger partial charge in [0.05, 0.1) is 16.2 Å². The number of rotatable bonds is 2. The molecule has 8 heteroatoms. The van der Waals surface area contributed by atoms with Crippen LogP contribution >= 0.6 is 0 Å². The average molecular weight is 384 g/mol. The normalized spacial score (nSPS) is 17.6. The largest absolute Gasteiger partial charge is 0.297 e. The number of aromatic nitrogens is 3. The first kappa shape index (κ1) is 16.7. The molecule has 1 N–H and O–H groups in total. The van der Waals surface area contributed by atoms with Crippen molar-refractivity contribution in [2.24, 2.45) is 0 Å². The molecule has 0 unspecified atom stereocenters. The highest BCUT2D eigenvalue weighted by molar-refractivity contribution is 7.89. The minimum absolute atomic E-state index is 0.0581. The van der Waals surface area contributed by atoms with Gasteiger partial charge in [-0.1, -0.05) is 6.07 Å². The van der Waals surface area contributed by atoms with Gasteiger partial charge in [0.15, 0.2) is 5.65 Å². The number of hydrogen-bond acceptors (Lipinski definition) is 4. The fourth-order valence-electron chi connectivity index (χ4n) is 4.12. The smallest absolute Gasteiger partial charge is 0.277 e. The summed E-state index contributed by atoms with van der Waals surface area (Å²) in [5.74, 6) is 0. The van der Waals surface area contributed by atoms with Crippen LogP contribution in [-0.4, -0.2) is 33.9 Å². The van der Waals surface area contributed by atoms with Crippen molar-refractivity contribution < 1.29 is 8.42 Å². The van der Waals surface area contributed by atoms with Gasteiger partial charge in [-0.2, -0.15) is 4.31 Å². The third-order valence-corrected chi connectivity index (χ3v) is 7.46. The Morgan fingerprint density at radius 1 is 1.04 bits per heavy atom. The molecular formula is C19H20N4O3S. The second kappa shape index (κ2) is 6.03. The van der Waals surface area contributed by atoms with Gasteiger partial charge >= 0.3 is 0 Å². The summed E-state index contributed by atoms with van der Waals surface area (Å²) >= 11 is 0. The molecule has 2 aromatic heterocycles. The molecule has 27 heavy (non-hydrogen) atoms. The molecule has 1 aromatic carbocycles. The van der Waals surface area contributed by atoms with Gasteiger partial charge in [0.25, 0.3) is 5.56 Å². The van der Waals surface area contributed by atoms with Crippen molar-refractivity contribution in [1.29, 1.82) is 0 Å². The molecule has 1 aliphatic carbocycles. The van der Waals surface area contributed by atoms with Crippen molar-refractivity contribution in [3.8, 4) is 0 Å². The summed E-state index contributed by atoms with van der Waals surface area (Å²) in [4.78, 5) is 17.5. The molecule has 0 saturated carbocycles. The molecule has 0 spiro atoms. The van der Waals surface area contributed by atoms with E-state index >= 15 is 0 Å². The SMILES string of the molecule is O=c1c2c(nc3cc[nH]n13)CCN(S(=O)(=O)c1ccc3c(c1)CCCC3)C2. The monoisotopic (exact) mass is 384 g/mol. The number of aromatic amines is 1. The van der Waals surface area contributed by atoms with Crippen LogP contribution in [0.5, 0.6) is 0 Å². The van der Waals surface area contributed by atoms with Crippen LogP contribution in [-0.2, 0) is 35.8 Å². The van der Waals surface area contributed by atoms with E-state index in [1.807, 2.05) is 12.1 Å². The van der Waals surface area contributed by atoms with Gasteiger partial charge in [-0.25, -0.2) is 17.9 Å². The summed E-state index contributed by atoms with van der Waals surface area (Å²) in [6.45, 7) is 0.391. The Hall–Kier alpha value is -2.45. The zero-order chi connectivity index (χ0) is 18.6. The summed E-state index contributed by atoms with van der Waals surface area (Å²) < 4.78 is 29.1. The van der Waals surface area contributed by atoms with Crippen molar-refractivity contribution >= 4 is 15.7 Å². The Bertz CT molecular complexity index is 1210. The van der Waals surface area contributed by atoms with Crippen LogP contribution < -0.4 is 5.56 Å². The van der Waals surface area contributed by atoms with Crippen LogP contribution in [0.1, 0.15) is 35.2 Å². The van der Waals surface area contributed by atoms with Crippen molar-refractivity contribution in [2.75, 3.05) is 6.54 Å². The van der Waals surface area contributed by atoms with Crippen molar-refractivity contribution in [2.45, 2.75) is 43.5 Å². The molecular weight excluding hydrogens is 364 g/mol. The van der Waals surface area contributed by atoms with Crippen LogP contribution in [0, 0.1) is 0 Å². The summed E-state index contributed by atoms with van der Waals surface area (Å²) in [5.41, 5.74) is 3.85. The maximum absolute atomic E-state index is 13.2. The molecule has 7 nitrogen and oxygen atoms in total. The van der Waals surface area contributed by atoms with Gasteiger partial charge in [0.2, 0.25) is 10.0 Å². The van der Waals surface area contributed by atoms with E-state index in [1.54, 1.807) is 18.3 Å². The third-order valence-electron chi connectivity index (χ3n) is 5.61. The lowest BCUT2D eigenvalue weighted by Gasteiger charge is -2.27. The van der Waals surface area contributed by atoms with Gasteiger partial charge in [0.1, 0.15) is 0 Å².